The molecular formula is C19H18ClN3O5S. The fraction of sp³-hybridized carbons (Fsp3) is 0.421. The second-order valence-electron chi connectivity index (χ2n) is 7.46. The Bertz CT molecular complexity index is 1010. The van der Waals surface area contributed by atoms with E-state index in [1.807, 2.05) is 18.2 Å². The summed E-state index contributed by atoms with van der Waals surface area (Å²) < 4.78 is 10.5. The van der Waals surface area contributed by atoms with Gasteiger partial charge in [0.05, 0.1) is 10.8 Å². The van der Waals surface area contributed by atoms with E-state index in [1.54, 1.807) is 13.0 Å². The highest BCUT2D eigenvalue weighted by Gasteiger charge is 2.65. The van der Waals surface area contributed by atoms with Crippen LogP contribution in [-0.4, -0.2) is 50.4 Å². The summed E-state index contributed by atoms with van der Waals surface area (Å²) in [5, 5.41) is 7.79. The van der Waals surface area contributed by atoms with Gasteiger partial charge in [0.2, 0.25) is 5.16 Å². The number of nitrogens with one attached hydrogen (secondary N) is 1. The van der Waals surface area contributed by atoms with Crippen LogP contribution in [0.3, 0.4) is 0 Å². The molecule has 10 heteroatoms. The molecule has 0 bridgehead atoms. The molecule has 2 aliphatic rings. The number of halogens is 1. The van der Waals surface area contributed by atoms with Gasteiger partial charge in [-0.25, -0.2) is 4.98 Å². The summed E-state index contributed by atoms with van der Waals surface area (Å²) in [5.41, 5.74) is -2.06. The molecule has 1 aromatic heterocycles. The minimum Gasteiger partial charge on any atom is -0.462 e. The van der Waals surface area contributed by atoms with Gasteiger partial charge >= 0.3 is 11.9 Å². The van der Waals surface area contributed by atoms with Crippen molar-refractivity contribution < 1.29 is 23.9 Å². The van der Waals surface area contributed by atoms with Crippen LogP contribution in [0.1, 0.15) is 26.7 Å². The highest BCUT2D eigenvalue weighted by Crippen LogP contribution is 2.49. The fourth-order valence-electron chi connectivity index (χ4n) is 3.73. The molecule has 0 unspecified atom stereocenters. The van der Waals surface area contributed by atoms with Crippen molar-refractivity contribution in [2.24, 2.45) is 5.41 Å². The number of benzene rings is 1. The molecule has 2 aliphatic heterocycles. The normalized spacial score (nSPS) is 28.6. The van der Waals surface area contributed by atoms with E-state index in [0.29, 0.717) is 21.6 Å². The number of hydrogen-bond acceptors (Lipinski definition) is 8. The fourth-order valence-corrected chi connectivity index (χ4v) is 4.79. The summed E-state index contributed by atoms with van der Waals surface area (Å²) in [4.78, 5) is 41.8. The average molecular weight is 436 g/mol. The Kier molecular flexibility index (Phi) is 4.90. The number of aromatic amines is 1. The number of ether oxygens (including phenoxy) is 2. The van der Waals surface area contributed by atoms with Crippen LogP contribution in [0, 0.1) is 5.41 Å². The highest BCUT2D eigenvalue weighted by molar-refractivity contribution is 7.99. The molecule has 8 nitrogen and oxygen atoms in total. The summed E-state index contributed by atoms with van der Waals surface area (Å²) in [5.74, 6) is -1.14. The van der Waals surface area contributed by atoms with E-state index in [4.69, 9.17) is 21.1 Å². The SMILES string of the molecule is C[C@@H]1C[C@@]2(C[C@@](C)(C(=O)CSc3n[nH]c(-c4ccccc4Cl)n3)OC2=O)C(=O)O1. The van der Waals surface area contributed by atoms with Crippen molar-refractivity contribution in [1.29, 1.82) is 0 Å². The van der Waals surface area contributed by atoms with Gasteiger partial charge in [-0.05, 0) is 26.0 Å². The molecule has 2 fully saturated rings. The molecule has 1 spiro atoms. The Balaban J connectivity index is 1.44. The molecule has 2 saturated heterocycles. The van der Waals surface area contributed by atoms with Crippen molar-refractivity contribution in [3.63, 3.8) is 0 Å². The van der Waals surface area contributed by atoms with E-state index in [0.717, 1.165) is 11.8 Å². The Morgan fingerprint density at radius 3 is 2.79 bits per heavy atom. The standard InChI is InChI=1S/C19H18ClN3O5S/c1-10-7-19(15(25)27-10)9-18(2,28-16(19)26)13(24)8-29-17-21-14(22-23-17)11-5-3-4-6-12(11)20/h3-6,10H,7-9H2,1-2H3,(H,21,22,23)/t10-,18+,19-/m1/s1. The molecule has 2 aromatic rings. The van der Waals surface area contributed by atoms with Gasteiger partial charge in [0.15, 0.2) is 22.6 Å². The van der Waals surface area contributed by atoms with Gasteiger partial charge in [0, 0.05) is 18.4 Å². The molecule has 0 saturated carbocycles. The Hall–Kier alpha value is -2.39. The molecule has 0 aliphatic carbocycles. The van der Waals surface area contributed by atoms with Gasteiger partial charge in [0.1, 0.15) is 6.10 Å². The zero-order chi connectivity index (χ0) is 20.8. The van der Waals surface area contributed by atoms with Crippen LogP contribution in [0.15, 0.2) is 29.4 Å². The number of H-pyrrole nitrogens is 1. The van der Waals surface area contributed by atoms with E-state index < -0.39 is 23.0 Å². The number of rotatable bonds is 5. The molecule has 1 N–H and O–H groups in total. The summed E-state index contributed by atoms with van der Waals surface area (Å²) in [6.45, 7) is 3.25. The smallest absolute Gasteiger partial charge is 0.324 e. The summed E-state index contributed by atoms with van der Waals surface area (Å²) >= 11 is 7.28. The largest absolute Gasteiger partial charge is 0.462 e. The second kappa shape index (κ2) is 7.14. The lowest BCUT2D eigenvalue weighted by Gasteiger charge is -2.20. The van der Waals surface area contributed by atoms with Crippen LogP contribution >= 0.6 is 23.4 Å². The number of hydrogen-bond donors (Lipinski definition) is 1. The van der Waals surface area contributed by atoms with E-state index in [2.05, 4.69) is 15.2 Å². The maximum Gasteiger partial charge on any atom is 0.324 e. The van der Waals surface area contributed by atoms with Gasteiger partial charge < -0.3 is 9.47 Å². The summed E-state index contributed by atoms with van der Waals surface area (Å²) in [6.07, 6.45) is -0.165. The topological polar surface area (TPSA) is 111 Å². The predicted molar refractivity (Wildman–Crippen MR) is 104 cm³/mol. The molecule has 3 atom stereocenters. The highest BCUT2D eigenvalue weighted by atomic mass is 35.5. The Morgan fingerprint density at radius 2 is 2.10 bits per heavy atom. The van der Waals surface area contributed by atoms with Crippen molar-refractivity contribution in [2.75, 3.05) is 5.75 Å². The molecular weight excluding hydrogens is 418 g/mol. The van der Waals surface area contributed by atoms with Crippen LogP contribution in [0.25, 0.3) is 11.4 Å². The van der Waals surface area contributed by atoms with E-state index in [9.17, 15) is 14.4 Å². The van der Waals surface area contributed by atoms with Crippen LogP contribution < -0.4 is 0 Å². The molecule has 0 radical (unpaired) electrons. The average Bonchev–Trinajstić information content (AvgIpc) is 3.31. The van der Waals surface area contributed by atoms with Gasteiger partial charge in [-0.1, -0.05) is 35.5 Å². The van der Waals surface area contributed by atoms with E-state index in [-0.39, 0.29) is 30.5 Å². The number of aromatic nitrogens is 3. The first-order valence-electron chi connectivity index (χ1n) is 9.01. The van der Waals surface area contributed by atoms with Gasteiger partial charge in [0.25, 0.3) is 0 Å². The maximum absolute atomic E-state index is 12.8. The van der Waals surface area contributed by atoms with Crippen LogP contribution in [0.4, 0.5) is 0 Å². The zero-order valence-electron chi connectivity index (χ0n) is 15.7. The van der Waals surface area contributed by atoms with E-state index in [1.165, 1.54) is 6.92 Å². The number of cyclic esters (lactones) is 2. The second-order valence-corrected chi connectivity index (χ2v) is 8.81. The number of nitrogens with zero attached hydrogens (tertiary/aromatic N) is 2. The molecule has 4 rings (SSSR count). The number of thioether (sulfide) groups is 1. The lowest BCUT2D eigenvalue weighted by molar-refractivity contribution is -0.162. The number of esters is 2. The van der Waals surface area contributed by atoms with Gasteiger partial charge in [-0.3, -0.25) is 19.5 Å². The molecule has 3 heterocycles. The summed E-state index contributed by atoms with van der Waals surface area (Å²) in [7, 11) is 0. The third-order valence-electron chi connectivity index (χ3n) is 5.20. The monoisotopic (exact) mass is 435 g/mol. The third-order valence-corrected chi connectivity index (χ3v) is 6.38. The van der Waals surface area contributed by atoms with Crippen LogP contribution in [0.5, 0.6) is 0 Å². The van der Waals surface area contributed by atoms with E-state index >= 15 is 0 Å². The lowest BCUT2D eigenvalue weighted by Crippen LogP contribution is -2.38. The van der Waals surface area contributed by atoms with Crippen LogP contribution in [-0.2, 0) is 23.9 Å². The predicted octanol–water partition coefficient (Wildman–Crippen LogP) is 2.81. The number of Topliss-reactive ketones (excluding diaryl/α,β-unsaturated/α-hetero) is 1. The van der Waals surface area contributed by atoms with Gasteiger partial charge in [-0.15, -0.1) is 5.10 Å². The molecule has 29 heavy (non-hydrogen) atoms. The molecule has 152 valence electrons. The number of carbonyl (C=O) groups excluding carboxylic acids is 3. The minimum absolute atomic E-state index is 0.00965. The van der Waals surface area contributed by atoms with Crippen molar-refractivity contribution in [2.45, 2.75) is 43.6 Å². The lowest BCUT2D eigenvalue weighted by atomic mass is 9.77. The first-order valence-corrected chi connectivity index (χ1v) is 10.4. The van der Waals surface area contributed by atoms with Crippen molar-refractivity contribution in [3.05, 3.63) is 29.3 Å². The van der Waals surface area contributed by atoms with Crippen LogP contribution in [0.2, 0.25) is 5.02 Å². The Morgan fingerprint density at radius 1 is 1.34 bits per heavy atom. The van der Waals surface area contributed by atoms with Gasteiger partial charge in [-0.2, -0.15) is 0 Å². The third kappa shape index (κ3) is 3.42. The molecule has 0 amide bonds. The Labute approximate surface area is 175 Å². The quantitative estimate of drug-likeness (QED) is 0.433. The minimum atomic E-state index is -1.38. The maximum atomic E-state index is 12.8. The number of carbonyl (C=O) groups is 3. The van der Waals surface area contributed by atoms with Crippen molar-refractivity contribution in [1.82, 2.24) is 15.2 Å². The van der Waals surface area contributed by atoms with Crippen molar-refractivity contribution in [3.8, 4) is 11.4 Å². The first kappa shape index (κ1) is 19.9. The zero-order valence-corrected chi connectivity index (χ0v) is 17.3. The first-order chi connectivity index (χ1) is 13.7. The molecule has 1 aromatic carbocycles. The summed E-state index contributed by atoms with van der Waals surface area (Å²) in [6, 6.07) is 7.20. The number of ketones is 1. The van der Waals surface area contributed by atoms with Crippen molar-refractivity contribution >= 4 is 41.1 Å².